The number of halogens is 1. The maximum absolute atomic E-state index is 12.5. The van der Waals surface area contributed by atoms with Gasteiger partial charge < -0.3 is 5.32 Å². The lowest BCUT2D eigenvalue weighted by Crippen LogP contribution is -2.37. The van der Waals surface area contributed by atoms with Gasteiger partial charge in [0, 0.05) is 30.6 Å². The molecule has 5 heteroatoms. The number of benzene rings is 2. The minimum absolute atomic E-state index is 0.0811. The second-order valence-corrected chi connectivity index (χ2v) is 7.31. The summed E-state index contributed by atoms with van der Waals surface area (Å²) in [6.45, 7) is 2.80. The van der Waals surface area contributed by atoms with E-state index in [1.807, 2.05) is 24.5 Å². The van der Waals surface area contributed by atoms with Gasteiger partial charge in [0.25, 0.3) is 5.91 Å². The van der Waals surface area contributed by atoms with Crippen LogP contribution < -0.4 is 5.32 Å². The molecule has 0 saturated carbocycles. The maximum Gasteiger partial charge on any atom is 0.253 e. The highest BCUT2D eigenvalue weighted by Gasteiger charge is 2.24. The first-order chi connectivity index (χ1) is 11.7. The van der Waals surface area contributed by atoms with Crippen LogP contribution in [0.1, 0.15) is 22.3 Å². The van der Waals surface area contributed by atoms with Gasteiger partial charge in [-0.25, -0.2) is 0 Å². The molecule has 3 nitrogen and oxygen atoms in total. The summed E-state index contributed by atoms with van der Waals surface area (Å²) in [6.07, 6.45) is 2.96. The first kappa shape index (κ1) is 17.3. The number of carbonyl (C=O) groups excluding carboxylic acids is 1. The fourth-order valence-corrected chi connectivity index (χ4v) is 3.65. The van der Waals surface area contributed by atoms with Gasteiger partial charge in [-0.3, -0.25) is 9.69 Å². The van der Waals surface area contributed by atoms with Crippen LogP contribution in [0.25, 0.3) is 0 Å². The molecule has 24 heavy (non-hydrogen) atoms. The van der Waals surface area contributed by atoms with Gasteiger partial charge in [-0.1, -0.05) is 41.9 Å². The van der Waals surface area contributed by atoms with Crippen LogP contribution in [0.2, 0.25) is 5.02 Å². The maximum atomic E-state index is 12.5. The highest BCUT2D eigenvalue weighted by atomic mass is 35.5. The molecule has 0 spiro atoms. The Morgan fingerprint density at radius 3 is 2.83 bits per heavy atom. The number of likely N-dealkylation sites (tertiary alicyclic amines) is 1. The standard InChI is InChI=1S/C19H21ClN2OS/c1-24-16-7-8-18(20)17(11-16)19(23)21-15-9-10-22(13-15)12-14-5-3-2-4-6-14/h2-8,11,15H,9-10,12-13H2,1H3,(H,21,23). The molecule has 2 aromatic rings. The van der Waals surface area contributed by atoms with Gasteiger partial charge in [-0.2, -0.15) is 0 Å². The zero-order chi connectivity index (χ0) is 16.9. The van der Waals surface area contributed by atoms with Crippen molar-refractivity contribution in [3.8, 4) is 0 Å². The van der Waals surface area contributed by atoms with E-state index in [-0.39, 0.29) is 11.9 Å². The molecular weight excluding hydrogens is 340 g/mol. The van der Waals surface area contributed by atoms with E-state index in [2.05, 4.69) is 34.5 Å². The van der Waals surface area contributed by atoms with Crippen LogP contribution in [-0.2, 0) is 6.54 Å². The Balaban J connectivity index is 1.58. The van der Waals surface area contributed by atoms with Crippen LogP contribution in [0.4, 0.5) is 0 Å². The molecule has 1 heterocycles. The molecule has 1 fully saturated rings. The SMILES string of the molecule is CSc1ccc(Cl)c(C(=O)NC2CCN(Cc3ccccc3)C2)c1. The average Bonchev–Trinajstić information content (AvgIpc) is 3.03. The van der Waals surface area contributed by atoms with Crippen LogP contribution >= 0.6 is 23.4 Å². The quantitative estimate of drug-likeness (QED) is 0.816. The van der Waals surface area contributed by atoms with Crippen LogP contribution in [0, 0.1) is 0 Å². The lowest BCUT2D eigenvalue weighted by atomic mass is 10.2. The van der Waals surface area contributed by atoms with Crippen molar-refractivity contribution in [2.45, 2.75) is 23.9 Å². The van der Waals surface area contributed by atoms with Crippen LogP contribution in [0.3, 0.4) is 0 Å². The minimum Gasteiger partial charge on any atom is -0.348 e. The third kappa shape index (κ3) is 4.32. The van der Waals surface area contributed by atoms with Crippen molar-refractivity contribution in [1.82, 2.24) is 10.2 Å². The summed E-state index contributed by atoms with van der Waals surface area (Å²) in [5.74, 6) is -0.0811. The van der Waals surface area contributed by atoms with Crippen molar-refractivity contribution < 1.29 is 4.79 Å². The lowest BCUT2D eigenvalue weighted by Gasteiger charge is -2.17. The van der Waals surface area contributed by atoms with Crippen molar-refractivity contribution in [3.05, 3.63) is 64.7 Å². The number of carbonyl (C=O) groups is 1. The van der Waals surface area contributed by atoms with Gasteiger partial charge in [0.2, 0.25) is 0 Å². The van der Waals surface area contributed by atoms with Crippen molar-refractivity contribution >= 4 is 29.3 Å². The molecule has 0 radical (unpaired) electrons. The number of amides is 1. The number of rotatable bonds is 5. The molecule has 0 aromatic heterocycles. The van der Waals surface area contributed by atoms with E-state index in [9.17, 15) is 4.79 Å². The summed E-state index contributed by atoms with van der Waals surface area (Å²) in [4.78, 5) is 15.9. The molecule has 1 aliphatic rings. The molecule has 3 rings (SSSR count). The summed E-state index contributed by atoms with van der Waals surface area (Å²) >= 11 is 7.80. The molecule has 126 valence electrons. The number of nitrogens with zero attached hydrogens (tertiary/aromatic N) is 1. The van der Waals surface area contributed by atoms with Gasteiger partial charge in [-0.15, -0.1) is 11.8 Å². The average molecular weight is 361 g/mol. The molecule has 1 N–H and O–H groups in total. The van der Waals surface area contributed by atoms with Gasteiger partial charge in [0.05, 0.1) is 10.6 Å². The Bertz CT molecular complexity index is 708. The van der Waals surface area contributed by atoms with Crippen molar-refractivity contribution in [1.29, 1.82) is 0 Å². The van der Waals surface area contributed by atoms with Gasteiger partial charge in [-0.05, 0) is 36.4 Å². The summed E-state index contributed by atoms with van der Waals surface area (Å²) in [5, 5.41) is 3.63. The van der Waals surface area contributed by atoms with E-state index in [4.69, 9.17) is 11.6 Å². The Morgan fingerprint density at radius 1 is 1.29 bits per heavy atom. The van der Waals surface area contributed by atoms with Gasteiger partial charge in [0.15, 0.2) is 0 Å². The number of nitrogens with one attached hydrogen (secondary N) is 1. The third-order valence-electron chi connectivity index (χ3n) is 4.27. The smallest absolute Gasteiger partial charge is 0.253 e. The molecule has 1 atom stereocenters. The molecule has 1 unspecified atom stereocenters. The van der Waals surface area contributed by atoms with E-state index < -0.39 is 0 Å². The highest BCUT2D eigenvalue weighted by molar-refractivity contribution is 7.98. The normalized spacial score (nSPS) is 17.8. The third-order valence-corrected chi connectivity index (χ3v) is 5.33. The van der Waals surface area contributed by atoms with Crippen LogP contribution in [0.5, 0.6) is 0 Å². The molecule has 1 amide bonds. The van der Waals surface area contributed by atoms with Crippen LogP contribution in [-0.4, -0.2) is 36.2 Å². The van der Waals surface area contributed by atoms with E-state index in [1.54, 1.807) is 17.8 Å². The fourth-order valence-electron chi connectivity index (χ4n) is 3.00. The number of hydrogen-bond acceptors (Lipinski definition) is 3. The molecule has 2 aromatic carbocycles. The van der Waals surface area contributed by atoms with Gasteiger partial charge in [0.1, 0.15) is 0 Å². The molecule has 0 bridgehead atoms. The Labute approximate surface area is 152 Å². The molecule has 0 aliphatic carbocycles. The van der Waals surface area contributed by atoms with Crippen molar-refractivity contribution in [3.63, 3.8) is 0 Å². The van der Waals surface area contributed by atoms with E-state index in [0.29, 0.717) is 10.6 Å². The van der Waals surface area contributed by atoms with Crippen LogP contribution in [0.15, 0.2) is 53.4 Å². The van der Waals surface area contributed by atoms with E-state index >= 15 is 0 Å². The van der Waals surface area contributed by atoms with Gasteiger partial charge >= 0.3 is 0 Å². The highest BCUT2D eigenvalue weighted by Crippen LogP contribution is 2.23. The molecule has 1 aliphatic heterocycles. The predicted octanol–water partition coefficient (Wildman–Crippen LogP) is 4.07. The first-order valence-electron chi connectivity index (χ1n) is 8.06. The lowest BCUT2D eigenvalue weighted by molar-refractivity contribution is 0.0937. The Hall–Kier alpha value is -1.49. The summed E-state index contributed by atoms with van der Waals surface area (Å²) in [7, 11) is 0. The number of hydrogen-bond donors (Lipinski definition) is 1. The Kier molecular flexibility index (Phi) is 5.82. The summed E-state index contributed by atoms with van der Waals surface area (Å²) in [6, 6.07) is 16.2. The fraction of sp³-hybridized carbons (Fsp3) is 0.316. The monoisotopic (exact) mass is 360 g/mol. The summed E-state index contributed by atoms with van der Waals surface area (Å²) in [5.41, 5.74) is 1.87. The predicted molar refractivity (Wildman–Crippen MR) is 101 cm³/mol. The first-order valence-corrected chi connectivity index (χ1v) is 9.66. The zero-order valence-electron chi connectivity index (χ0n) is 13.7. The van der Waals surface area contributed by atoms with Crippen molar-refractivity contribution in [2.75, 3.05) is 19.3 Å². The van der Waals surface area contributed by atoms with E-state index in [0.717, 1.165) is 31.0 Å². The van der Waals surface area contributed by atoms with Crippen molar-refractivity contribution in [2.24, 2.45) is 0 Å². The minimum atomic E-state index is -0.0811. The second-order valence-electron chi connectivity index (χ2n) is 6.03. The van der Waals surface area contributed by atoms with E-state index in [1.165, 1.54) is 5.56 Å². The molecule has 1 saturated heterocycles. The largest absolute Gasteiger partial charge is 0.348 e. The topological polar surface area (TPSA) is 32.3 Å². The number of thioether (sulfide) groups is 1. The Morgan fingerprint density at radius 2 is 2.08 bits per heavy atom. The second kappa shape index (κ2) is 8.06. The molecular formula is C19H21ClN2OS. The summed E-state index contributed by atoms with van der Waals surface area (Å²) < 4.78 is 0. The zero-order valence-corrected chi connectivity index (χ0v) is 15.2.